The molecule has 0 bridgehead atoms. The molecule has 0 radical (unpaired) electrons. The van der Waals surface area contributed by atoms with E-state index in [1.165, 1.54) is 12.3 Å². The van der Waals surface area contributed by atoms with Gasteiger partial charge in [-0.05, 0) is 25.0 Å². The molecule has 1 saturated heterocycles. The van der Waals surface area contributed by atoms with Crippen LogP contribution in [0.1, 0.15) is 23.2 Å². The van der Waals surface area contributed by atoms with Crippen LogP contribution in [0.15, 0.2) is 18.3 Å². The van der Waals surface area contributed by atoms with Crippen molar-refractivity contribution in [2.45, 2.75) is 18.9 Å². The Labute approximate surface area is 93.9 Å². The summed E-state index contributed by atoms with van der Waals surface area (Å²) >= 11 is 0. The monoisotopic (exact) mass is 216 g/mol. The highest BCUT2D eigenvalue weighted by atomic mass is 16.4. The number of aromatic nitrogens is 1. The molecule has 0 aliphatic carbocycles. The largest absolute Gasteiger partial charge is 0.478 e. The lowest BCUT2D eigenvalue weighted by Gasteiger charge is -2.21. The van der Waals surface area contributed by atoms with E-state index in [2.05, 4.69) is 10.9 Å². The number of nitrogens with zero attached hydrogens (tertiary/aromatic N) is 2. The maximum absolute atomic E-state index is 10.8. The van der Waals surface area contributed by atoms with E-state index in [0.717, 1.165) is 19.4 Å². The standard InChI is InChI=1S/C12H12N2O2/c1-2-10-4-3-7-14(10)11-8-9(12(15)16)5-6-13-11/h1,5-6,8,10H,3-4,7H2,(H,15,16). The lowest BCUT2D eigenvalue weighted by atomic mass is 10.2. The number of rotatable bonds is 2. The van der Waals surface area contributed by atoms with Gasteiger partial charge in [-0.2, -0.15) is 0 Å². The molecule has 1 atom stereocenters. The zero-order valence-electron chi connectivity index (χ0n) is 8.76. The molecule has 1 aliphatic rings. The first-order chi connectivity index (χ1) is 7.72. The zero-order chi connectivity index (χ0) is 11.5. The van der Waals surface area contributed by atoms with Gasteiger partial charge in [0.1, 0.15) is 5.82 Å². The Balaban J connectivity index is 2.30. The maximum Gasteiger partial charge on any atom is 0.335 e. The molecule has 1 unspecified atom stereocenters. The number of carboxylic acids is 1. The first-order valence-corrected chi connectivity index (χ1v) is 5.14. The summed E-state index contributed by atoms with van der Waals surface area (Å²) in [5.74, 6) is 2.41. The highest BCUT2D eigenvalue weighted by molar-refractivity contribution is 5.88. The van der Waals surface area contributed by atoms with Crippen LogP contribution in [-0.4, -0.2) is 28.6 Å². The number of carboxylic acid groups (broad SMARTS) is 1. The molecule has 16 heavy (non-hydrogen) atoms. The van der Waals surface area contributed by atoms with Crippen molar-refractivity contribution in [2.24, 2.45) is 0 Å². The minimum absolute atomic E-state index is 0.0385. The van der Waals surface area contributed by atoms with Crippen LogP contribution in [0.4, 0.5) is 5.82 Å². The van der Waals surface area contributed by atoms with Crippen molar-refractivity contribution < 1.29 is 9.90 Å². The van der Waals surface area contributed by atoms with E-state index in [1.54, 1.807) is 6.07 Å². The fraction of sp³-hybridized carbons (Fsp3) is 0.333. The first-order valence-electron chi connectivity index (χ1n) is 5.14. The zero-order valence-corrected chi connectivity index (χ0v) is 8.76. The average Bonchev–Trinajstić information content (AvgIpc) is 2.77. The topological polar surface area (TPSA) is 53.4 Å². The first kappa shape index (κ1) is 10.5. The van der Waals surface area contributed by atoms with E-state index in [4.69, 9.17) is 11.5 Å². The molecule has 1 aromatic heterocycles. The van der Waals surface area contributed by atoms with Crippen LogP contribution < -0.4 is 4.90 Å². The summed E-state index contributed by atoms with van der Waals surface area (Å²) in [6.07, 6.45) is 8.89. The Bertz CT molecular complexity index is 451. The van der Waals surface area contributed by atoms with Gasteiger partial charge in [-0.3, -0.25) is 0 Å². The van der Waals surface area contributed by atoms with E-state index in [1.807, 2.05) is 4.90 Å². The van der Waals surface area contributed by atoms with Crippen molar-refractivity contribution in [3.63, 3.8) is 0 Å². The summed E-state index contributed by atoms with van der Waals surface area (Å²) < 4.78 is 0. The Morgan fingerprint density at radius 2 is 2.50 bits per heavy atom. The molecule has 1 aliphatic heterocycles. The predicted octanol–water partition coefficient (Wildman–Crippen LogP) is 1.38. The van der Waals surface area contributed by atoms with Crippen molar-refractivity contribution in [1.29, 1.82) is 0 Å². The molecule has 4 nitrogen and oxygen atoms in total. The van der Waals surface area contributed by atoms with Gasteiger partial charge in [-0.25, -0.2) is 9.78 Å². The summed E-state index contributed by atoms with van der Waals surface area (Å²) in [6, 6.07) is 3.08. The van der Waals surface area contributed by atoms with Gasteiger partial charge in [0, 0.05) is 12.7 Å². The summed E-state index contributed by atoms with van der Waals surface area (Å²) in [5.41, 5.74) is 0.243. The minimum atomic E-state index is -0.944. The van der Waals surface area contributed by atoms with Gasteiger partial charge in [0.05, 0.1) is 11.6 Å². The molecule has 1 aromatic rings. The van der Waals surface area contributed by atoms with E-state index < -0.39 is 5.97 Å². The van der Waals surface area contributed by atoms with E-state index in [-0.39, 0.29) is 11.6 Å². The summed E-state index contributed by atoms with van der Waals surface area (Å²) in [7, 11) is 0. The van der Waals surface area contributed by atoms with Crippen LogP contribution >= 0.6 is 0 Å². The molecular formula is C12H12N2O2. The van der Waals surface area contributed by atoms with Crippen molar-refractivity contribution in [3.8, 4) is 12.3 Å². The molecule has 2 rings (SSSR count). The van der Waals surface area contributed by atoms with Gasteiger partial charge in [0.2, 0.25) is 0 Å². The Kier molecular flexibility index (Phi) is 2.78. The third-order valence-electron chi connectivity index (χ3n) is 2.73. The van der Waals surface area contributed by atoms with E-state index in [9.17, 15) is 4.79 Å². The average molecular weight is 216 g/mol. The number of hydrogen-bond acceptors (Lipinski definition) is 3. The summed E-state index contributed by atoms with van der Waals surface area (Å²) in [6.45, 7) is 0.838. The lowest BCUT2D eigenvalue weighted by molar-refractivity contribution is 0.0697. The molecule has 0 spiro atoms. The highest BCUT2D eigenvalue weighted by Crippen LogP contribution is 2.23. The molecule has 82 valence electrons. The SMILES string of the molecule is C#CC1CCCN1c1cc(C(=O)O)ccn1. The highest BCUT2D eigenvalue weighted by Gasteiger charge is 2.24. The van der Waals surface area contributed by atoms with Crippen LogP contribution in [-0.2, 0) is 0 Å². The van der Waals surface area contributed by atoms with Crippen molar-refractivity contribution in [3.05, 3.63) is 23.9 Å². The van der Waals surface area contributed by atoms with Crippen LogP contribution in [0.3, 0.4) is 0 Å². The summed E-state index contributed by atoms with van der Waals surface area (Å²) in [5, 5.41) is 8.89. The summed E-state index contributed by atoms with van der Waals surface area (Å²) in [4.78, 5) is 17.0. The normalized spacial score (nSPS) is 19.4. The number of anilines is 1. The number of carbonyl (C=O) groups is 1. The van der Waals surface area contributed by atoms with E-state index >= 15 is 0 Å². The number of hydrogen-bond donors (Lipinski definition) is 1. The molecule has 0 aromatic carbocycles. The van der Waals surface area contributed by atoms with Crippen molar-refractivity contribution in [2.75, 3.05) is 11.4 Å². The molecule has 1 fully saturated rings. The quantitative estimate of drug-likeness (QED) is 0.759. The smallest absolute Gasteiger partial charge is 0.335 e. The third-order valence-corrected chi connectivity index (χ3v) is 2.73. The molecular weight excluding hydrogens is 204 g/mol. The second-order valence-corrected chi connectivity index (χ2v) is 3.73. The molecule has 0 saturated carbocycles. The van der Waals surface area contributed by atoms with Gasteiger partial charge in [-0.15, -0.1) is 6.42 Å². The van der Waals surface area contributed by atoms with Crippen molar-refractivity contribution >= 4 is 11.8 Å². The van der Waals surface area contributed by atoms with Gasteiger partial charge in [-0.1, -0.05) is 5.92 Å². The number of aromatic carboxylic acids is 1. The molecule has 2 heterocycles. The second kappa shape index (κ2) is 4.23. The predicted molar refractivity (Wildman–Crippen MR) is 60.4 cm³/mol. The Hall–Kier alpha value is -2.02. The lowest BCUT2D eigenvalue weighted by Crippen LogP contribution is -2.28. The van der Waals surface area contributed by atoms with Gasteiger partial charge in [0.25, 0.3) is 0 Å². The third kappa shape index (κ3) is 1.84. The van der Waals surface area contributed by atoms with Crippen LogP contribution in [0.5, 0.6) is 0 Å². The second-order valence-electron chi connectivity index (χ2n) is 3.73. The Morgan fingerprint density at radius 1 is 1.69 bits per heavy atom. The fourth-order valence-electron chi connectivity index (χ4n) is 1.92. The maximum atomic E-state index is 10.8. The van der Waals surface area contributed by atoms with Gasteiger partial charge < -0.3 is 10.0 Å². The van der Waals surface area contributed by atoms with Gasteiger partial charge in [0.15, 0.2) is 0 Å². The Morgan fingerprint density at radius 3 is 3.19 bits per heavy atom. The number of terminal acetylenes is 1. The van der Waals surface area contributed by atoms with Crippen LogP contribution in [0.2, 0.25) is 0 Å². The minimum Gasteiger partial charge on any atom is -0.478 e. The van der Waals surface area contributed by atoms with Crippen LogP contribution in [0.25, 0.3) is 0 Å². The number of pyridine rings is 1. The fourth-order valence-corrected chi connectivity index (χ4v) is 1.92. The molecule has 4 heteroatoms. The van der Waals surface area contributed by atoms with Crippen molar-refractivity contribution in [1.82, 2.24) is 4.98 Å². The van der Waals surface area contributed by atoms with Crippen LogP contribution in [0, 0.1) is 12.3 Å². The molecule has 0 amide bonds. The van der Waals surface area contributed by atoms with Gasteiger partial charge >= 0.3 is 5.97 Å². The molecule has 1 N–H and O–H groups in total. The van der Waals surface area contributed by atoms with E-state index in [0.29, 0.717) is 5.82 Å².